The molecule has 0 bridgehead atoms. The predicted molar refractivity (Wildman–Crippen MR) is 109 cm³/mol. The van der Waals surface area contributed by atoms with Crippen molar-refractivity contribution >= 4 is 17.6 Å². The van der Waals surface area contributed by atoms with Crippen LogP contribution in [0.25, 0.3) is 11.1 Å². The lowest BCUT2D eigenvalue weighted by Crippen LogP contribution is -2.32. The van der Waals surface area contributed by atoms with Crippen molar-refractivity contribution < 1.29 is 19.1 Å². The van der Waals surface area contributed by atoms with Crippen LogP contribution in [0, 0.1) is 0 Å². The van der Waals surface area contributed by atoms with Gasteiger partial charge in [0.05, 0.1) is 6.20 Å². The smallest absolute Gasteiger partial charge is 0.373 e. The monoisotopic (exact) mass is 390 g/mol. The standard InChI is InChI=1S/C23H22N2O4/c26-22-14-13-18(7-4-8-21-24-15-20(29-21)23(27)28)25(22)19-11-9-17(10-12-19)16-5-2-1-3-6-16/h1-3,5-6,9-12,15,18H,4,7-8,13-14H2,(H,27,28)/t18-/m0/s1. The summed E-state index contributed by atoms with van der Waals surface area (Å²) in [5.41, 5.74) is 3.19. The van der Waals surface area contributed by atoms with Crippen LogP contribution >= 0.6 is 0 Å². The first kappa shape index (κ1) is 18.9. The molecule has 0 unspecified atom stereocenters. The van der Waals surface area contributed by atoms with Crippen LogP contribution in [-0.4, -0.2) is 28.0 Å². The van der Waals surface area contributed by atoms with E-state index in [0.717, 1.165) is 36.1 Å². The molecule has 3 aromatic rings. The molecule has 148 valence electrons. The first-order chi connectivity index (χ1) is 14.1. The van der Waals surface area contributed by atoms with E-state index in [1.165, 1.54) is 6.20 Å². The second-order valence-corrected chi connectivity index (χ2v) is 7.18. The van der Waals surface area contributed by atoms with Gasteiger partial charge in [0.1, 0.15) is 0 Å². The highest BCUT2D eigenvalue weighted by Crippen LogP contribution is 2.31. The summed E-state index contributed by atoms with van der Waals surface area (Å²) in [5.74, 6) is -0.691. The maximum absolute atomic E-state index is 12.5. The molecule has 1 N–H and O–H groups in total. The predicted octanol–water partition coefficient (Wildman–Crippen LogP) is 4.56. The van der Waals surface area contributed by atoms with E-state index in [0.29, 0.717) is 18.7 Å². The minimum absolute atomic E-state index is 0.138. The number of carbonyl (C=O) groups excluding carboxylic acids is 1. The highest BCUT2D eigenvalue weighted by atomic mass is 16.4. The SMILES string of the molecule is O=C(O)c1cnc(CCC[C@H]2CCC(=O)N2c2ccc(-c3ccccc3)cc2)o1. The average molecular weight is 390 g/mol. The van der Waals surface area contributed by atoms with Gasteiger partial charge in [-0.3, -0.25) is 4.79 Å². The normalized spacial score (nSPS) is 16.3. The fourth-order valence-corrected chi connectivity index (χ4v) is 3.83. The molecule has 0 spiro atoms. The van der Waals surface area contributed by atoms with Crippen molar-refractivity contribution in [1.29, 1.82) is 0 Å². The molecule has 2 heterocycles. The molecule has 2 aromatic carbocycles. The average Bonchev–Trinajstić information content (AvgIpc) is 3.36. The molecule has 29 heavy (non-hydrogen) atoms. The number of aromatic carboxylic acids is 1. The number of benzene rings is 2. The summed E-state index contributed by atoms with van der Waals surface area (Å²) in [7, 11) is 0. The molecule has 0 radical (unpaired) electrons. The summed E-state index contributed by atoms with van der Waals surface area (Å²) in [6.07, 6.45) is 4.75. The zero-order valence-corrected chi connectivity index (χ0v) is 16.0. The molecule has 1 aliphatic heterocycles. The lowest BCUT2D eigenvalue weighted by Gasteiger charge is -2.25. The van der Waals surface area contributed by atoms with Crippen LogP contribution in [0.4, 0.5) is 5.69 Å². The van der Waals surface area contributed by atoms with Crippen LogP contribution < -0.4 is 4.90 Å². The van der Waals surface area contributed by atoms with Crippen LogP contribution in [0.1, 0.15) is 42.1 Å². The minimum atomic E-state index is -1.12. The Balaban J connectivity index is 1.40. The molecule has 0 saturated carbocycles. The van der Waals surface area contributed by atoms with Crippen molar-refractivity contribution in [2.24, 2.45) is 0 Å². The van der Waals surface area contributed by atoms with Crippen molar-refractivity contribution in [2.45, 2.75) is 38.1 Å². The number of oxazole rings is 1. The summed E-state index contributed by atoms with van der Waals surface area (Å²) >= 11 is 0. The highest BCUT2D eigenvalue weighted by Gasteiger charge is 2.31. The Labute approximate surface area is 168 Å². The van der Waals surface area contributed by atoms with E-state index in [9.17, 15) is 9.59 Å². The van der Waals surface area contributed by atoms with Gasteiger partial charge in [-0.1, -0.05) is 42.5 Å². The van der Waals surface area contributed by atoms with Gasteiger partial charge in [0.15, 0.2) is 5.89 Å². The fourth-order valence-electron chi connectivity index (χ4n) is 3.83. The van der Waals surface area contributed by atoms with E-state index in [-0.39, 0.29) is 17.7 Å². The van der Waals surface area contributed by atoms with E-state index in [4.69, 9.17) is 9.52 Å². The molecular formula is C23H22N2O4. The van der Waals surface area contributed by atoms with Crippen LogP contribution in [0.3, 0.4) is 0 Å². The fraction of sp³-hybridized carbons (Fsp3) is 0.261. The van der Waals surface area contributed by atoms with Crippen LogP contribution in [0.5, 0.6) is 0 Å². The number of carbonyl (C=O) groups is 2. The van der Waals surface area contributed by atoms with Crippen molar-refractivity contribution in [2.75, 3.05) is 4.90 Å². The lowest BCUT2D eigenvalue weighted by atomic mass is 10.0. The quantitative estimate of drug-likeness (QED) is 0.639. The number of carboxylic acids is 1. The van der Waals surface area contributed by atoms with Gasteiger partial charge in [-0.2, -0.15) is 0 Å². The Morgan fingerprint density at radius 3 is 2.52 bits per heavy atom. The third kappa shape index (κ3) is 4.21. The number of hydrogen-bond acceptors (Lipinski definition) is 4. The van der Waals surface area contributed by atoms with E-state index >= 15 is 0 Å². The second-order valence-electron chi connectivity index (χ2n) is 7.18. The zero-order chi connectivity index (χ0) is 20.2. The number of aryl methyl sites for hydroxylation is 1. The first-order valence-corrected chi connectivity index (χ1v) is 9.77. The molecule has 1 aromatic heterocycles. The van der Waals surface area contributed by atoms with Crippen molar-refractivity contribution in [3.8, 4) is 11.1 Å². The molecule has 6 heteroatoms. The number of aromatic nitrogens is 1. The molecule has 4 rings (SSSR count). The maximum atomic E-state index is 12.5. The Morgan fingerprint density at radius 1 is 1.10 bits per heavy atom. The molecule has 1 aliphatic rings. The largest absolute Gasteiger partial charge is 0.475 e. The van der Waals surface area contributed by atoms with Gasteiger partial charge in [-0.15, -0.1) is 0 Å². The Hall–Kier alpha value is -3.41. The van der Waals surface area contributed by atoms with Crippen LogP contribution in [0.15, 0.2) is 65.2 Å². The molecule has 1 atom stereocenters. The van der Waals surface area contributed by atoms with E-state index < -0.39 is 5.97 Å². The molecule has 0 aliphatic carbocycles. The van der Waals surface area contributed by atoms with Gasteiger partial charge in [0.2, 0.25) is 11.7 Å². The van der Waals surface area contributed by atoms with Gasteiger partial charge in [0, 0.05) is 24.6 Å². The zero-order valence-electron chi connectivity index (χ0n) is 16.0. The lowest BCUT2D eigenvalue weighted by molar-refractivity contribution is -0.117. The minimum Gasteiger partial charge on any atom is -0.475 e. The highest BCUT2D eigenvalue weighted by molar-refractivity contribution is 5.96. The molecular weight excluding hydrogens is 368 g/mol. The van der Waals surface area contributed by atoms with Gasteiger partial charge in [-0.25, -0.2) is 9.78 Å². The van der Waals surface area contributed by atoms with Gasteiger partial charge in [0.25, 0.3) is 0 Å². The van der Waals surface area contributed by atoms with Gasteiger partial charge < -0.3 is 14.4 Å². The van der Waals surface area contributed by atoms with E-state index in [1.807, 2.05) is 47.4 Å². The van der Waals surface area contributed by atoms with Crippen molar-refractivity contribution in [1.82, 2.24) is 4.98 Å². The summed E-state index contributed by atoms with van der Waals surface area (Å²) in [6.45, 7) is 0. The topological polar surface area (TPSA) is 83.6 Å². The summed E-state index contributed by atoms with van der Waals surface area (Å²) in [5, 5.41) is 8.90. The number of nitrogens with zero attached hydrogens (tertiary/aromatic N) is 2. The molecule has 1 fully saturated rings. The van der Waals surface area contributed by atoms with E-state index in [2.05, 4.69) is 17.1 Å². The number of amides is 1. The Kier molecular flexibility index (Phi) is 5.42. The number of hydrogen-bond donors (Lipinski definition) is 1. The van der Waals surface area contributed by atoms with Crippen molar-refractivity contribution in [3.05, 3.63) is 72.4 Å². The van der Waals surface area contributed by atoms with Crippen LogP contribution in [-0.2, 0) is 11.2 Å². The third-order valence-electron chi connectivity index (χ3n) is 5.27. The van der Waals surface area contributed by atoms with Gasteiger partial charge in [-0.05, 0) is 42.5 Å². The number of anilines is 1. The molecule has 1 amide bonds. The second kappa shape index (κ2) is 8.31. The molecule has 1 saturated heterocycles. The Morgan fingerprint density at radius 2 is 1.83 bits per heavy atom. The summed E-state index contributed by atoms with van der Waals surface area (Å²) in [4.78, 5) is 29.3. The Bertz CT molecular complexity index is 995. The van der Waals surface area contributed by atoms with Gasteiger partial charge >= 0.3 is 5.97 Å². The summed E-state index contributed by atoms with van der Waals surface area (Å²) < 4.78 is 5.21. The maximum Gasteiger partial charge on any atom is 0.373 e. The van der Waals surface area contributed by atoms with E-state index in [1.54, 1.807) is 0 Å². The first-order valence-electron chi connectivity index (χ1n) is 9.77. The third-order valence-corrected chi connectivity index (χ3v) is 5.27. The number of carboxylic acid groups (broad SMARTS) is 1. The van der Waals surface area contributed by atoms with Crippen LogP contribution in [0.2, 0.25) is 0 Å². The molecule has 6 nitrogen and oxygen atoms in total. The number of rotatable bonds is 7. The van der Waals surface area contributed by atoms with Crippen molar-refractivity contribution in [3.63, 3.8) is 0 Å². The summed E-state index contributed by atoms with van der Waals surface area (Å²) in [6, 6.07) is 18.4.